The van der Waals surface area contributed by atoms with Crippen LogP contribution in [-0.2, 0) is 10.0 Å². The van der Waals surface area contributed by atoms with Gasteiger partial charge in [0.05, 0.1) is 17.6 Å². The summed E-state index contributed by atoms with van der Waals surface area (Å²) in [4.78, 5) is 21.6. The maximum Gasteiger partial charge on any atom is 0.232 e. The zero-order chi connectivity index (χ0) is 28.3. The molecule has 0 unspecified atom stereocenters. The summed E-state index contributed by atoms with van der Waals surface area (Å²) >= 11 is 0. The van der Waals surface area contributed by atoms with Crippen molar-refractivity contribution in [3.05, 3.63) is 60.6 Å². The van der Waals surface area contributed by atoms with Crippen LogP contribution in [0, 0.1) is 11.6 Å². The van der Waals surface area contributed by atoms with Gasteiger partial charge >= 0.3 is 0 Å². The summed E-state index contributed by atoms with van der Waals surface area (Å²) in [6.07, 6.45) is 3.02. The van der Waals surface area contributed by atoms with Crippen molar-refractivity contribution in [3.8, 4) is 0 Å². The van der Waals surface area contributed by atoms with Crippen LogP contribution in [-0.4, -0.2) is 72.2 Å². The normalized spacial score (nSPS) is 14.3. The highest BCUT2D eigenvalue weighted by atomic mass is 32.2. The van der Waals surface area contributed by atoms with Gasteiger partial charge in [-0.25, -0.2) is 37.1 Å². The molecule has 0 radical (unpaired) electrons. The summed E-state index contributed by atoms with van der Waals surface area (Å²) in [7, 11) is -1.68. The Hall–Kier alpha value is -4.17. The molecular weight excluding hydrogens is 540 g/mol. The number of hydrogen-bond donors (Lipinski definition) is 3. The fourth-order valence-corrected chi connectivity index (χ4v) is 5.44. The zero-order valence-electron chi connectivity index (χ0n) is 22.0. The first kappa shape index (κ1) is 27.4. The van der Waals surface area contributed by atoms with Crippen LogP contribution in [0.2, 0.25) is 0 Å². The standard InChI is InChI=1S/C26H29F2N9O2S/c1-3-14-40(38,39)35-20-9-8-19(27)23(22(20)28)33-25-24-21(30-16-31-25)15-29-26(34-24)32-17-4-6-18(7-5-17)37-12-10-36(2)11-13-37/h4-9,15-16,35H,3,10-14H2,1-2H3,(H,29,32,34)(H,30,31,33). The summed E-state index contributed by atoms with van der Waals surface area (Å²) < 4.78 is 56.3. The molecule has 14 heteroatoms. The van der Waals surface area contributed by atoms with Crippen LogP contribution in [0.15, 0.2) is 48.9 Å². The molecule has 0 spiro atoms. The molecule has 0 saturated carbocycles. The minimum Gasteiger partial charge on any atom is -0.369 e. The number of rotatable bonds is 9. The Morgan fingerprint density at radius 1 is 0.950 bits per heavy atom. The summed E-state index contributed by atoms with van der Waals surface area (Å²) in [5.74, 6) is -1.99. The number of likely N-dealkylation sites (N-methyl/N-ethyl adjacent to an activating group) is 1. The lowest BCUT2D eigenvalue weighted by Gasteiger charge is -2.34. The van der Waals surface area contributed by atoms with Gasteiger partial charge < -0.3 is 20.4 Å². The van der Waals surface area contributed by atoms with Gasteiger partial charge in [0.1, 0.15) is 28.9 Å². The van der Waals surface area contributed by atoms with Crippen molar-refractivity contribution in [2.75, 3.05) is 59.2 Å². The molecule has 3 N–H and O–H groups in total. The van der Waals surface area contributed by atoms with Crippen molar-refractivity contribution in [1.29, 1.82) is 0 Å². The third-order valence-corrected chi connectivity index (χ3v) is 7.92. The second-order valence-corrected chi connectivity index (χ2v) is 11.3. The average Bonchev–Trinajstić information content (AvgIpc) is 2.93. The molecule has 0 atom stereocenters. The number of nitrogens with zero attached hydrogens (tertiary/aromatic N) is 6. The van der Waals surface area contributed by atoms with Crippen molar-refractivity contribution < 1.29 is 17.2 Å². The van der Waals surface area contributed by atoms with Gasteiger partial charge in [0.25, 0.3) is 0 Å². The van der Waals surface area contributed by atoms with Crippen molar-refractivity contribution >= 4 is 55.6 Å². The molecule has 3 heterocycles. The van der Waals surface area contributed by atoms with Crippen molar-refractivity contribution in [1.82, 2.24) is 24.8 Å². The van der Waals surface area contributed by atoms with Crippen molar-refractivity contribution in [3.63, 3.8) is 0 Å². The van der Waals surface area contributed by atoms with Gasteiger partial charge in [-0.15, -0.1) is 0 Å². The molecule has 1 aliphatic heterocycles. The SMILES string of the molecule is CCCS(=O)(=O)Nc1ccc(F)c(Nc2ncnc3cnc(Nc4ccc(N5CCN(C)CC5)cc4)nc23)c1F. The predicted molar refractivity (Wildman–Crippen MR) is 152 cm³/mol. The number of nitrogens with one attached hydrogen (secondary N) is 3. The largest absolute Gasteiger partial charge is 0.369 e. The first-order valence-corrected chi connectivity index (χ1v) is 14.4. The maximum atomic E-state index is 15.2. The van der Waals surface area contributed by atoms with E-state index < -0.39 is 27.3 Å². The lowest BCUT2D eigenvalue weighted by molar-refractivity contribution is 0.313. The van der Waals surface area contributed by atoms with Gasteiger partial charge in [-0.2, -0.15) is 0 Å². The number of anilines is 6. The average molecular weight is 570 g/mol. The molecule has 210 valence electrons. The van der Waals surface area contributed by atoms with E-state index in [0.717, 1.165) is 49.7 Å². The summed E-state index contributed by atoms with van der Waals surface area (Å²) in [6.45, 7) is 5.62. The lowest BCUT2D eigenvalue weighted by atomic mass is 10.2. The Morgan fingerprint density at radius 2 is 1.70 bits per heavy atom. The number of hydrogen-bond acceptors (Lipinski definition) is 10. The molecule has 0 amide bonds. The Bertz CT molecular complexity index is 1610. The quantitative estimate of drug-likeness (QED) is 0.271. The Balaban J connectivity index is 1.38. The first-order chi connectivity index (χ1) is 19.2. The van der Waals surface area contributed by atoms with Crippen molar-refractivity contribution in [2.45, 2.75) is 13.3 Å². The van der Waals surface area contributed by atoms with E-state index in [1.807, 2.05) is 24.3 Å². The maximum absolute atomic E-state index is 15.2. The third kappa shape index (κ3) is 6.18. The minimum absolute atomic E-state index is 0.0206. The number of piperazine rings is 1. The molecule has 2 aromatic heterocycles. The van der Waals surface area contributed by atoms with E-state index in [1.165, 1.54) is 12.5 Å². The van der Waals surface area contributed by atoms with Crippen LogP contribution in [0.25, 0.3) is 11.0 Å². The number of halogens is 2. The molecule has 11 nitrogen and oxygen atoms in total. The van der Waals surface area contributed by atoms with Gasteiger partial charge in [-0.05, 0) is 49.9 Å². The summed E-state index contributed by atoms with van der Waals surface area (Å²) in [5.41, 5.74) is 1.48. The molecule has 4 aromatic rings. The van der Waals surface area contributed by atoms with Crippen LogP contribution in [0.3, 0.4) is 0 Å². The van der Waals surface area contributed by atoms with E-state index in [2.05, 4.69) is 52.1 Å². The smallest absolute Gasteiger partial charge is 0.232 e. The molecular formula is C26H29F2N9O2S. The Kier molecular flexibility index (Phi) is 7.89. The highest BCUT2D eigenvalue weighted by molar-refractivity contribution is 7.92. The fraction of sp³-hybridized carbons (Fsp3) is 0.308. The van der Waals surface area contributed by atoms with E-state index in [4.69, 9.17) is 0 Å². The molecule has 1 fully saturated rings. The van der Waals surface area contributed by atoms with Crippen LogP contribution in [0.5, 0.6) is 0 Å². The molecule has 5 rings (SSSR count). The summed E-state index contributed by atoms with van der Waals surface area (Å²) in [5, 5.41) is 5.75. The predicted octanol–water partition coefficient (Wildman–Crippen LogP) is 4.09. The molecule has 40 heavy (non-hydrogen) atoms. The molecule has 1 saturated heterocycles. The number of sulfonamides is 1. The third-order valence-electron chi connectivity index (χ3n) is 6.44. The van der Waals surface area contributed by atoms with Crippen LogP contribution >= 0.6 is 0 Å². The van der Waals surface area contributed by atoms with Gasteiger partial charge in [-0.1, -0.05) is 6.92 Å². The fourth-order valence-electron chi connectivity index (χ4n) is 4.31. The van der Waals surface area contributed by atoms with Crippen LogP contribution in [0.4, 0.5) is 43.3 Å². The second kappa shape index (κ2) is 11.5. The molecule has 0 aliphatic carbocycles. The van der Waals surface area contributed by atoms with Crippen molar-refractivity contribution in [2.24, 2.45) is 0 Å². The van der Waals surface area contributed by atoms with Gasteiger partial charge in [0.15, 0.2) is 11.6 Å². The van der Waals surface area contributed by atoms with Crippen LogP contribution < -0.4 is 20.3 Å². The van der Waals surface area contributed by atoms with E-state index in [1.54, 1.807) is 6.92 Å². The molecule has 1 aliphatic rings. The Morgan fingerprint density at radius 3 is 2.42 bits per heavy atom. The number of aromatic nitrogens is 4. The highest BCUT2D eigenvalue weighted by Crippen LogP contribution is 2.31. The van der Waals surface area contributed by atoms with E-state index >= 15 is 4.39 Å². The van der Waals surface area contributed by atoms with E-state index in [-0.39, 0.29) is 28.7 Å². The van der Waals surface area contributed by atoms with Crippen LogP contribution in [0.1, 0.15) is 13.3 Å². The van der Waals surface area contributed by atoms with Gasteiger partial charge in [0, 0.05) is 37.6 Å². The molecule has 2 aromatic carbocycles. The highest BCUT2D eigenvalue weighted by Gasteiger charge is 2.20. The zero-order valence-corrected chi connectivity index (χ0v) is 22.8. The first-order valence-electron chi connectivity index (χ1n) is 12.8. The number of benzene rings is 2. The molecule has 0 bridgehead atoms. The van der Waals surface area contributed by atoms with E-state index in [0.29, 0.717) is 11.9 Å². The van der Waals surface area contributed by atoms with Gasteiger partial charge in [-0.3, -0.25) is 4.72 Å². The monoisotopic (exact) mass is 569 g/mol. The Labute approximate surface area is 230 Å². The van der Waals surface area contributed by atoms with E-state index in [9.17, 15) is 12.8 Å². The summed E-state index contributed by atoms with van der Waals surface area (Å²) in [6, 6.07) is 9.90. The topological polar surface area (TPSA) is 128 Å². The number of fused-ring (bicyclic) bond motifs is 1. The van der Waals surface area contributed by atoms with Gasteiger partial charge in [0.2, 0.25) is 16.0 Å². The second-order valence-electron chi connectivity index (χ2n) is 9.44. The lowest BCUT2D eigenvalue weighted by Crippen LogP contribution is -2.44. The minimum atomic E-state index is -3.79.